The molecule has 1 fully saturated rings. The number of nitrogens with zero attached hydrogens (tertiary/aromatic N) is 1. The van der Waals surface area contributed by atoms with Gasteiger partial charge in [-0.3, -0.25) is 4.79 Å². The van der Waals surface area contributed by atoms with Crippen LogP contribution in [0.2, 0.25) is 0 Å². The molecule has 1 saturated heterocycles. The van der Waals surface area contributed by atoms with Gasteiger partial charge in [-0.15, -0.1) is 0 Å². The van der Waals surface area contributed by atoms with Crippen molar-refractivity contribution < 1.29 is 22.7 Å². The Labute approximate surface area is 273 Å². The Bertz CT molecular complexity index is 1460. The SMILES string of the molecule is COC(=O)NC(C(=O)NCCCC1CNCC1N(CCC(C)C)S(=O)(=O)c1ccc(N)cc1)C(c1ccccc1)c1ccccc1. The van der Waals surface area contributed by atoms with E-state index in [-0.39, 0.29) is 22.8 Å². The minimum absolute atomic E-state index is 0.0676. The number of sulfonamides is 1. The van der Waals surface area contributed by atoms with Crippen LogP contribution in [0.15, 0.2) is 89.8 Å². The van der Waals surface area contributed by atoms with E-state index in [0.717, 1.165) is 17.5 Å². The van der Waals surface area contributed by atoms with Gasteiger partial charge in [0.25, 0.3) is 0 Å². The van der Waals surface area contributed by atoms with E-state index in [1.54, 1.807) is 28.6 Å². The number of benzene rings is 3. The number of ether oxygens (including phenoxy) is 1. The Kier molecular flexibility index (Phi) is 12.6. The molecule has 4 rings (SSSR count). The summed E-state index contributed by atoms with van der Waals surface area (Å²) >= 11 is 0. The van der Waals surface area contributed by atoms with Gasteiger partial charge in [-0.2, -0.15) is 4.31 Å². The van der Waals surface area contributed by atoms with Gasteiger partial charge >= 0.3 is 6.09 Å². The van der Waals surface area contributed by atoms with Gasteiger partial charge in [-0.25, -0.2) is 13.2 Å². The maximum absolute atomic E-state index is 13.8. The number of rotatable bonds is 15. The fourth-order valence-electron chi connectivity index (χ4n) is 6.05. The van der Waals surface area contributed by atoms with Crippen LogP contribution < -0.4 is 21.7 Å². The number of hydrogen-bond acceptors (Lipinski definition) is 7. The zero-order valence-electron chi connectivity index (χ0n) is 26.9. The van der Waals surface area contributed by atoms with Crippen LogP contribution in [0.3, 0.4) is 0 Å². The molecule has 248 valence electrons. The van der Waals surface area contributed by atoms with Crippen LogP contribution in [-0.2, 0) is 19.6 Å². The largest absolute Gasteiger partial charge is 0.453 e. The lowest BCUT2D eigenvalue weighted by Crippen LogP contribution is -2.50. The fraction of sp³-hybridized carbons (Fsp3) is 0.429. The number of carbonyl (C=O) groups is 2. The van der Waals surface area contributed by atoms with Crippen molar-refractivity contribution >= 4 is 27.7 Å². The highest BCUT2D eigenvalue weighted by atomic mass is 32.2. The van der Waals surface area contributed by atoms with E-state index in [2.05, 4.69) is 29.8 Å². The molecule has 46 heavy (non-hydrogen) atoms. The highest BCUT2D eigenvalue weighted by molar-refractivity contribution is 7.89. The molecule has 0 bridgehead atoms. The first-order valence-corrected chi connectivity index (χ1v) is 17.4. The van der Waals surface area contributed by atoms with Crippen molar-refractivity contribution in [2.45, 2.75) is 56.0 Å². The van der Waals surface area contributed by atoms with Crippen LogP contribution in [0.5, 0.6) is 0 Å². The smallest absolute Gasteiger partial charge is 0.407 e. The van der Waals surface area contributed by atoms with Crippen molar-refractivity contribution in [3.8, 4) is 0 Å². The standard InChI is InChI=1S/C35H47N5O5S/c1-25(2)20-22-40(46(43,44)30-18-16-29(36)17-19-30)31-24-37-23-28(31)15-10-21-38-34(41)33(39-35(42)45-3)32(26-11-6-4-7-12-26)27-13-8-5-9-14-27/h4-9,11-14,16-19,25,28,31-33,37H,10,15,20-24,36H2,1-3H3,(H,38,41)(H,39,42). The summed E-state index contributed by atoms with van der Waals surface area (Å²) < 4.78 is 34.2. The van der Waals surface area contributed by atoms with Crippen molar-refractivity contribution in [1.82, 2.24) is 20.3 Å². The lowest BCUT2D eigenvalue weighted by Gasteiger charge is -2.32. The van der Waals surface area contributed by atoms with Crippen LogP contribution >= 0.6 is 0 Å². The number of nitrogens with one attached hydrogen (secondary N) is 3. The number of nitrogen functional groups attached to an aromatic ring is 1. The van der Waals surface area contributed by atoms with Gasteiger partial charge in [0.2, 0.25) is 15.9 Å². The van der Waals surface area contributed by atoms with Crippen molar-refractivity contribution in [3.05, 3.63) is 96.1 Å². The van der Waals surface area contributed by atoms with E-state index in [9.17, 15) is 18.0 Å². The molecule has 1 aliphatic heterocycles. The second-order valence-corrected chi connectivity index (χ2v) is 14.1. The molecule has 0 radical (unpaired) electrons. The average Bonchev–Trinajstić information content (AvgIpc) is 3.51. The number of nitrogens with two attached hydrogens (primary N) is 1. The topological polar surface area (TPSA) is 143 Å². The van der Waals surface area contributed by atoms with Crippen molar-refractivity contribution in [3.63, 3.8) is 0 Å². The van der Waals surface area contributed by atoms with Gasteiger partial charge in [0.15, 0.2) is 0 Å². The number of carbonyl (C=O) groups excluding carboxylic acids is 2. The third-order valence-electron chi connectivity index (χ3n) is 8.53. The molecule has 3 atom stereocenters. The van der Waals surface area contributed by atoms with E-state index in [1.165, 1.54) is 7.11 Å². The first kappa shape index (κ1) is 34.9. The van der Waals surface area contributed by atoms with Gasteiger partial charge < -0.3 is 26.4 Å². The molecule has 10 nitrogen and oxygen atoms in total. The third kappa shape index (κ3) is 9.08. The van der Waals surface area contributed by atoms with Gasteiger partial charge in [-0.1, -0.05) is 74.5 Å². The lowest BCUT2D eigenvalue weighted by molar-refractivity contribution is -0.123. The molecule has 0 saturated carbocycles. The quantitative estimate of drug-likeness (QED) is 0.142. The van der Waals surface area contributed by atoms with E-state index in [0.29, 0.717) is 50.6 Å². The molecular formula is C35H47N5O5S. The second-order valence-electron chi connectivity index (χ2n) is 12.2. The molecular weight excluding hydrogens is 602 g/mol. The van der Waals surface area contributed by atoms with Crippen molar-refractivity contribution in [2.75, 3.05) is 39.0 Å². The summed E-state index contributed by atoms with van der Waals surface area (Å²) in [7, 11) is -2.47. The molecule has 1 heterocycles. The molecule has 3 aromatic rings. The second kappa shape index (κ2) is 16.6. The van der Waals surface area contributed by atoms with E-state index in [1.807, 2.05) is 60.7 Å². The van der Waals surface area contributed by atoms with Gasteiger partial charge in [0.05, 0.1) is 12.0 Å². The molecule has 3 aromatic carbocycles. The number of amides is 2. The summed E-state index contributed by atoms with van der Waals surface area (Å²) in [6.07, 6.45) is 1.40. The normalized spacial score (nSPS) is 17.3. The van der Waals surface area contributed by atoms with Crippen LogP contribution in [0.25, 0.3) is 0 Å². The van der Waals surface area contributed by atoms with Gasteiger partial charge in [-0.05, 0) is 73.0 Å². The zero-order valence-corrected chi connectivity index (χ0v) is 27.7. The molecule has 0 aromatic heterocycles. The minimum atomic E-state index is -3.75. The maximum Gasteiger partial charge on any atom is 0.407 e. The Balaban J connectivity index is 1.46. The molecule has 11 heteroatoms. The van der Waals surface area contributed by atoms with Crippen LogP contribution in [-0.4, -0.2) is 70.1 Å². The first-order chi connectivity index (χ1) is 22.1. The molecule has 3 unspecified atom stereocenters. The summed E-state index contributed by atoms with van der Waals surface area (Å²) in [5, 5.41) is 9.19. The molecule has 5 N–H and O–H groups in total. The summed E-state index contributed by atoms with van der Waals surface area (Å²) in [4.78, 5) is 26.4. The van der Waals surface area contributed by atoms with E-state index < -0.39 is 28.1 Å². The van der Waals surface area contributed by atoms with Crippen molar-refractivity contribution in [2.24, 2.45) is 11.8 Å². The monoisotopic (exact) mass is 649 g/mol. The number of methoxy groups -OCH3 is 1. The Morgan fingerprint density at radius 3 is 2.13 bits per heavy atom. The Morgan fingerprint density at radius 2 is 1.57 bits per heavy atom. The molecule has 0 spiro atoms. The van der Waals surface area contributed by atoms with Crippen LogP contribution in [0, 0.1) is 11.8 Å². The minimum Gasteiger partial charge on any atom is -0.453 e. The predicted octanol–water partition coefficient (Wildman–Crippen LogP) is 4.35. The summed E-state index contributed by atoms with van der Waals surface area (Å²) in [5.41, 5.74) is 8.11. The first-order valence-electron chi connectivity index (χ1n) is 15.9. The summed E-state index contributed by atoms with van der Waals surface area (Å²) in [5.74, 6) is -0.362. The number of anilines is 1. The zero-order chi connectivity index (χ0) is 33.1. The summed E-state index contributed by atoms with van der Waals surface area (Å²) in [6, 6.07) is 24.4. The number of hydrogen-bond donors (Lipinski definition) is 4. The van der Waals surface area contributed by atoms with E-state index >= 15 is 0 Å². The Hall–Kier alpha value is -3.93. The molecule has 0 aliphatic carbocycles. The maximum atomic E-state index is 13.8. The van der Waals surface area contributed by atoms with Gasteiger partial charge in [0.1, 0.15) is 6.04 Å². The van der Waals surface area contributed by atoms with Crippen LogP contribution in [0.4, 0.5) is 10.5 Å². The number of alkyl carbamates (subject to hydrolysis) is 1. The van der Waals surface area contributed by atoms with Crippen molar-refractivity contribution in [1.29, 1.82) is 0 Å². The highest BCUT2D eigenvalue weighted by Gasteiger charge is 2.39. The molecule has 2 amide bonds. The summed E-state index contributed by atoms with van der Waals surface area (Å²) in [6.45, 7) is 6.21. The predicted molar refractivity (Wildman–Crippen MR) is 181 cm³/mol. The van der Waals surface area contributed by atoms with E-state index in [4.69, 9.17) is 10.5 Å². The van der Waals surface area contributed by atoms with Crippen LogP contribution in [0.1, 0.15) is 50.2 Å². The highest BCUT2D eigenvalue weighted by Crippen LogP contribution is 2.30. The average molecular weight is 650 g/mol. The Morgan fingerprint density at radius 1 is 0.957 bits per heavy atom. The fourth-order valence-corrected chi connectivity index (χ4v) is 7.75. The lowest BCUT2D eigenvalue weighted by atomic mass is 9.84. The van der Waals surface area contributed by atoms with Gasteiger partial charge in [0, 0.05) is 37.3 Å². The third-order valence-corrected chi connectivity index (χ3v) is 10.5. The molecule has 1 aliphatic rings.